The van der Waals surface area contributed by atoms with Crippen molar-refractivity contribution in [2.75, 3.05) is 32.1 Å². The molecule has 1 N–H and O–H groups in total. The standard InChI is InChI=1S/C14H21Cl2NOS/c1-2-18-9-4-3-7-17-8-10-19-12-5-6-13(15)14(16)11-12/h5-6,11,17H,2-4,7-10H2,1H3. The van der Waals surface area contributed by atoms with E-state index < -0.39 is 0 Å². The predicted octanol–water partition coefficient (Wildman–Crippen LogP) is 4.49. The van der Waals surface area contributed by atoms with Crippen LogP contribution in [0, 0.1) is 0 Å². The van der Waals surface area contributed by atoms with Gasteiger partial charge in [0.1, 0.15) is 0 Å². The Hall–Kier alpha value is 0.0700. The first-order valence-corrected chi connectivity index (χ1v) is 8.34. The van der Waals surface area contributed by atoms with Crippen molar-refractivity contribution in [1.29, 1.82) is 0 Å². The summed E-state index contributed by atoms with van der Waals surface area (Å²) in [5.41, 5.74) is 0. The molecule has 0 heterocycles. The lowest BCUT2D eigenvalue weighted by molar-refractivity contribution is 0.143. The lowest BCUT2D eigenvalue weighted by Gasteiger charge is -2.06. The number of hydrogen-bond acceptors (Lipinski definition) is 3. The van der Waals surface area contributed by atoms with Crippen LogP contribution in [0.5, 0.6) is 0 Å². The Morgan fingerprint density at radius 2 is 2.00 bits per heavy atom. The molecule has 1 aromatic rings. The Balaban J connectivity index is 2.00. The van der Waals surface area contributed by atoms with Crippen LogP contribution < -0.4 is 5.32 Å². The molecule has 5 heteroatoms. The van der Waals surface area contributed by atoms with Gasteiger partial charge in [-0.25, -0.2) is 0 Å². The summed E-state index contributed by atoms with van der Waals surface area (Å²) in [6, 6.07) is 5.75. The van der Waals surface area contributed by atoms with E-state index in [-0.39, 0.29) is 0 Å². The molecule has 0 saturated carbocycles. The fourth-order valence-electron chi connectivity index (χ4n) is 1.53. The monoisotopic (exact) mass is 321 g/mol. The van der Waals surface area contributed by atoms with E-state index >= 15 is 0 Å². The van der Waals surface area contributed by atoms with Gasteiger partial charge in [0.15, 0.2) is 0 Å². The highest BCUT2D eigenvalue weighted by Gasteiger charge is 1.99. The Labute approximate surface area is 130 Å². The van der Waals surface area contributed by atoms with Crippen molar-refractivity contribution in [1.82, 2.24) is 5.32 Å². The largest absolute Gasteiger partial charge is 0.382 e. The van der Waals surface area contributed by atoms with Gasteiger partial charge in [0.25, 0.3) is 0 Å². The van der Waals surface area contributed by atoms with Gasteiger partial charge in [-0.1, -0.05) is 23.2 Å². The smallest absolute Gasteiger partial charge is 0.0603 e. The molecule has 0 aliphatic heterocycles. The molecule has 19 heavy (non-hydrogen) atoms. The molecule has 0 spiro atoms. The molecule has 1 rings (SSSR count). The van der Waals surface area contributed by atoms with Crippen LogP contribution in [0.2, 0.25) is 10.0 Å². The molecule has 108 valence electrons. The van der Waals surface area contributed by atoms with Gasteiger partial charge in [-0.2, -0.15) is 0 Å². The third kappa shape index (κ3) is 8.05. The van der Waals surface area contributed by atoms with E-state index in [1.54, 1.807) is 11.8 Å². The topological polar surface area (TPSA) is 21.3 Å². The Morgan fingerprint density at radius 1 is 1.16 bits per heavy atom. The van der Waals surface area contributed by atoms with Gasteiger partial charge < -0.3 is 10.1 Å². The first kappa shape index (κ1) is 17.1. The summed E-state index contributed by atoms with van der Waals surface area (Å²) < 4.78 is 5.28. The summed E-state index contributed by atoms with van der Waals surface area (Å²) in [5.74, 6) is 1.03. The molecule has 0 fully saturated rings. The van der Waals surface area contributed by atoms with E-state index in [4.69, 9.17) is 27.9 Å². The number of thioether (sulfide) groups is 1. The first-order chi connectivity index (χ1) is 9.24. The Bertz CT molecular complexity index is 363. The van der Waals surface area contributed by atoms with Gasteiger partial charge in [-0.15, -0.1) is 11.8 Å². The third-order valence-electron chi connectivity index (χ3n) is 2.53. The molecule has 0 bridgehead atoms. The van der Waals surface area contributed by atoms with Gasteiger partial charge in [0, 0.05) is 30.4 Å². The van der Waals surface area contributed by atoms with Crippen LogP contribution in [0.4, 0.5) is 0 Å². The fraction of sp³-hybridized carbons (Fsp3) is 0.571. The number of nitrogens with one attached hydrogen (secondary N) is 1. The maximum Gasteiger partial charge on any atom is 0.0603 e. The second-order valence-electron chi connectivity index (χ2n) is 4.08. The molecule has 0 radical (unpaired) electrons. The van der Waals surface area contributed by atoms with Crippen molar-refractivity contribution in [2.24, 2.45) is 0 Å². The summed E-state index contributed by atoms with van der Waals surface area (Å²) in [6.45, 7) is 5.76. The molecule has 0 aliphatic rings. The molecule has 0 aliphatic carbocycles. The van der Waals surface area contributed by atoms with Crippen LogP contribution in [0.15, 0.2) is 23.1 Å². The molecule has 1 aromatic carbocycles. The van der Waals surface area contributed by atoms with Crippen LogP contribution >= 0.6 is 35.0 Å². The van der Waals surface area contributed by atoms with Crippen molar-refractivity contribution in [3.05, 3.63) is 28.2 Å². The first-order valence-electron chi connectivity index (χ1n) is 6.60. The third-order valence-corrected chi connectivity index (χ3v) is 4.27. The number of unbranched alkanes of at least 4 members (excludes halogenated alkanes) is 1. The second-order valence-corrected chi connectivity index (χ2v) is 6.06. The summed E-state index contributed by atoms with van der Waals surface area (Å²) in [4.78, 5) is 1.16. The Kier molecular flexibility index (Phi) is 9.74. The van der Waals surface area contributed by atoms with Crippen LogP contribution in [-0.4, -0.2) is 32.1 Å². The average Bonchev–Trinajstić information content (AvgIpc) is 2.41. The predicted molar refractivity (Wildman–Crippen MR) is 85.8 cm³/mol. The van der Waals surface area contributed by atoms with Crippen molar-refractivity contribution < 1.29 is 4.74 Å². The zero-order chi connectivity index (χ0) is 13.9. The van der Waals surface area contributed by atoms with Crippen molar-refractivity contribution in [3.63, 3.8) is 0 Å². The van der Waals surface area contributed by atoms with Crippen molar-refractivity contribution in [3.8, 4) is 0 Å². The summed E-state index contributed by atoms with van der Waals surface area (Å²) in [5, 5.41) is 4.65. The minimum atomic E-state index is 0.610. The molecule has 0 aromatic heterocycles. The van der Waals surface area contributed by atoms with Crippen molar-refractivity contribution in [2.45, 2.75) is 24.7 Å². The summed E-state index contributed by atoms with van der Waals surface area (Å²) in [6.07, 6.45) is 2.29. The molecule has 0 saturated heterocycles. The molecule has 2 nitrogen and oxygen atoms in total. The van der Waals surface area contributed by atoms with E-state index in [0.29, 0.717) is 10.0 Å². The number of hydrogen-bond donors (Lipinski definition) is 1. The van der Waals surface area contributed by atoms with Crippen LogP contribution in [0.25, 0.3) is 0 Å². The molecule has 0 unspecified atom stereocenters. The van der Waals surface area contributed by atoms with Gasteiger partial charge in [-0.05, 0) is 44.5 Å². The zero-order valence-electron chi connectivity index (χ0n) is 11.3. The van der Waals surface area contributed by atoms with Gasteiger partial charge in [0.2, 0.25) is 0 Å². The zero-order valence-corrected chi connectivity index (χ0v) is 13.6. The molecular formula is C14H21Cl2NOS. The maximum absolute atomic E-state index is 5.96. The highest BCUT2D eigenvalue weighted by atomic mass is 35.5. The minimum Gasteiger partial charge on any atom is -0.382 e. The van der Waals surface area contributed by atoms with E-state index in [2.05, 4.69) is 5.32 Å². The highest BCUT2D eigenvalue weighted by molar-refractivity contribution is 7.99. The van der Waals surface area contributed by atoms with Crippen LogP contribution in [0.3, 0.4) is 0 Å². The van der Waals surface area contributed by atoms with Crippen LogP contribution in [-0.2, 0) is 4.74 Å². The lowest BCUT2D eigenvalue weighted by atomic mass is 10.3. The number of halogens is 2. The van der Waals surface area contributed by atoms with E-state index in [1.165, 1.54) is 0 Å². The Morgan fingerprint density at radius 3 is 2.74 bits per heavy atom. The minimum absolute atomic E-state index is 0.610. The fourth-order valence-corrected chi connectivity index (χ4v) is 2.74. The normalized spacial score (nSPS) is 10.9. The van der Waals surface area contributed by atoms with Gasteiger partial charge in [-0.3, -0.25) is 0 Å². The van der Waals surface area contributed by atoms with E-state index in [1.807, 2.05) is 25.1 Å². The van der Waals surface area contributed by atoms with Crippen LogP contribution in [0.1, 0.15) is 19.8 Å². The SMILES string of the molecule is CCOCCCCNCCSc1ccc(Cl)c(Cl)c1. The second kappa shape index (κ2) is 10.8. The quantitative estimate of drug-likeness (QED) is 0.506. The highest BCUT2D eigenvalue weighted by Crippen LogP contribution is 2.27. The molecule has 0 atom stereocenters. The van der Waals surface area contributed by atoms with Crippen molar-refractivity contribution >= 4 is 35.0 Å². The molecule has 0 amide bonds. The number of ether oxygens (including phenoxy) is 1. The molecular weight excluding hydrogens is 301 g/mol. The summed E-state index contributed by atoms with van der Waals surface area (Å²) in [7, 11) is 0. The number of benzene rings is 1. The van der Waals surface area contributed by atoms with Gasteiger partial charge in [0.05, 0.1) is 10.0 Å². The average molecular weight is 322 g/mol. The summed E-state index contributed by atoms with van der Waals surface area (Å²) >= 11 is 13.6. The van der Waals surface area contributed by atoms with Gasteiger partial charge >= 0.3 is 0 Å². The maximum atomic E-state index is 5.96. The number of rotatable bonds is 10. The van der Waals surface area contributed by atoms with E-state index in [0.717, 1.165) is 49.8 Å². The van der Waals surface area contributed by atoms with E-state index in [9.17, 15) is 0 Å². The lowest BCUT2D eigenvalue weighted by Crippen LogP contribution is -2.18.